The van der Waals surface area contributed by atoms with Gasteiger partial charge in [0.15, 0.2) is 0 Å². The molecule has 0 radical (unpaired) electrons. The number of carbonyl (C=O) groups excluding carboxylic acids is 1. The van der Waals surface area contributed by atoms with Crippen LogP contribution in [0.1, 0.15) is 49.7 Å². The van der Waals surface area contributed by atoms with E-state index in [-0.39, 0.29) is 6.03 Å². The van der Waals surface area contributed by atoms with Gasteiger partial charge in [-0.25, -0.2) is 4.79 Å². The molecule has 2 aliphatic rings. The van der Waals surface area contributed by atoms with E-state index in [2.05, 4.69) is 17.4 Å². The van der Waals surface area contributed by atoms with Crippen molar-refractivity contribution in [2.24, 2.45) is 0 Å². The third-order valence-electron chi connectivity index (χ3n) is 5.03. The first kappa shape index (κ1) is 16.3. The highest BCUT2D eigenvalue weighted by Crippen LogP contribution is 2.28. The van der Waals surface area contributed by atoms with E-state index in [0.717, 1.165) is 44.5 Å². The molecule has 1 aromatic carbocycles. The summed E-state index contributed by atoms with van der Waals surface area (Å²) in [6, 6.07) is 6.27. The Morgan fingerprint density at radius 2 is 2.17 bits per heavy atom. The first-order valence-electron chi connectivity index (χ1n) is 8.98. The van der Waals surface area contributed by atoms with Crippen LogP contribution in [0.5, 0.6) is 0 Å². The second-order valence-electron chi connectivity index (χ2n) is 6.78. The van der Waals surface area contributed by atoms with Gasteiger partial charge in [0.1, 0.15) is 0 Å². The average molecular weight is 316 g/mol. The Hall–Kier alpha value is -1.55. The lowest BCUT2D eigenvalue weighted by Crippen LogP contribution is -2.33. The quantitative estimate of drug-likeness (QED) is 0.892. The number of ether oxygens (including phenoxy) is 1. The number of fused-ring (bicyclic) bond motifs is 1. The monoisotopic (exact) mass is 316 g/mol. The molecule has 3 rings (SSSR count). The van der Waals surface area contributed by atoms with Crippen molar-refractivity contribution in [2.45, 2.75) is 57.5 Å². The summed E-state index contributed by atoms with van der Waals surface area (Å²) < 4.78 is 5.63. The van der Waals surface area contributed by atoms with Crippen LogP contribution in [-0.4, -0.2) is 37.2 Å². The van der Waals surface area contributed by atoms with Gasteiger partial charge in [0, 0.05) is 25.9 Å². The third-order valence-corrected chi connectivity index (χ3v) is 5.03. The molecule has 1 saturated heterocycles. The molecule has 0 saturated carbocycles. The number of nitrogens with one attached hydrogen (secondary N) is 1. The van der Waals surface area contributed by atoms with Crippen molar-refractivity contribution in [2.75, 3.05) is 25.5 Å². The second-order valence-corrected chi connectivity index (χ2v) is 6.78. The van der Waals surface area contributed by atoms with E-state index in [1.54, 1.807) is 4.90 Å². The van der Waals surface area contributed by atoms with Crippen LogP contribution in [0.15, 0.2) is 18.2 Å². The average Bonchev–Trinajstić information content (AvgIpc) is 3.08. The smallest absolute Gasteiger partial charge is 0.321 e. The number of rotatable bonds is 5. The molecule has 23 heavy (non-hydrogen) atoms. The van der Waals surface area contributed by atoms with E-state index in [9.17, 15) is 4.79 Å². The Morgan fingerprint density at radius 3 is 3.00 bits per heavy atom. The van der Waals surface area contributed by atoms with E-state index in [4.69, 9.17) is 4.74 Å². The molecule has 2 amide bonds. The van der Waals surface area contributed by atoms with Gasteiger partial charge in [-0.05, 0) is 68.6 Å². The molecule has 0 bridgehead atoms. The van der Waals surface area contributed by atoms with Crippen LogP contribution in [0.3, 0.4) is 0 Å². The van der Waals surface area contributed by atoms with Crippen molar-refractivity contribution < 1.29 is 9.53 Å². The van der Waals surface area contributed by atoms with Gasteiger partial charge in [-0.1, -0.05) is 12.1 Å². The molecule has 1 heterocycles. The number of carbonyl (C=O) groups is 1. The largest absolute Gasteiger partial charge is 0.378 e. The second kappa shape index (κ2) is 7.82. The van der Waals surface area contributed by atoms with Crippen LogP contribution < -0.4 is 5.32 Å². The molecule has 1 aromatic rings. The number of anilines is 1. The number of hydrogen-bond acceptors (Lipinski definition) is 2. The lowest BCUT2D eigenvalue weighted by molar-refractivity contribution is 0.101. The summed E-state index contributed by atoms with van der Waals surface area (Å²) in [6.07, 6.45) is 9.51. The summed E-state index contributed by atoms with van der Waals surface area (Å²) in [6.45, 7) is 1.68. The van der Waals surface area contributed by atoms with Gasteiger partial charge in [-0.3, -0.25) is 0 Å². The number of urea groups is 1. The molecule has 4 heteroatoms. The molecular weight excluding hydrogens is 288 g/mol. The Labute approximate surface area is 139 Å². The van der Waals surface area contributed by atoms with Crippen molar-refractivity contribution >= 4 is 11.7 Å². The zero-order chi connectivity index (χ0) is 16.1. The van der Waals surface area contributed by atoms with Crippen molar-refractivity contribution in [3.05, 3.63) is 29.3 Å². The van der Waals surface area contributed by atoms with E-state index in [0.29, 0.717) is 6.10 Å². The van der Waals surface area contributed by atoms with Crippen LogP contribution in [0, 0.1) is 0 Å². The van der Waals surface area contributed by atoms with Crippen LogP contribution in [0.2, 0.25) is 0 Å². The molecule has 1 fully saturated rings. The van der Waals surface area contributed by atoms with Gasteiger partial charge < -0.3 is 15.0 Å². The van der Waals surface area contributed by atoms with Crippen molar-refractivity contribution in [1.82, 2.24) is 4.90 Å². The van der Waals surface area contributed by atoms with E-state index in [1.165, 1.54) is 36.8 Å². The fourth-order valence-corrected chi connectivity index (χ4v) is 3.64. The number of hydrogen-bond donors (Lipinski definition) is 1. The Morgan fingerprint density at radius 1 is 1.30 bits per heavy atom. The molecule has 1 aliphatic carbocycles. The minimum atomic E-state index is -0.00341. The molecule has 1 N–H and O–H groups in total. The molecule has 0 aromatic heterocycles. The molecule has 0 spiro atoms. The normalized spacial score (nSPS) is 20.1. The minimum absolute atomic E-state index is 0.00341. The number of aryl methyl sites for hydroxylation is 1. The maximum atomic E-state index is 12.4. The van der Waals surface area contributed by atoms with Gasteiger partial charge in [0.2, 0.25) is 0 Å². The number of benzene rings is 1. The molecule has 1 unspecified atom stereocenters. The topological polar surface area (TPSA) is 41.6 Å². The highest BCUT2D eigenvalue weighted by Gasteiger charge is 2.18. The van der Waals surface area contributed by atoms with Crippen molar-refractivity contribution in [3.8, 4) is 0 Å². The highest BCUT2D eigenvalue weighted by molar-refractivity contribution is 5.90. The predicted molar refractivity (Wildman–Crippen MR) is 92.9 cm³/mol. The summed E-state index contributed by atoms with van der Waals surface area (Å²) >= 11 is 0. The zero-order valence-corrected chi connectivity index (χ0v) is 14.1. The van der Waals surface area contributed by atoms with Gasteiger partial charge in [-0.15, -0.1) is 0 Å². The Balaban J connectivity index is 1.50. The van der Waals surface area contributed by atoms with E-state index < -0.39 is 0 Å². The van der Waals surface area contributed by atoms with Crippen LogP contribution in [0.25, 0.3) is 0 Å². The number of nitrogens with zero attached hydrogens (tertiary/aromatic N) is 1. The van der Waals surface area contributed by atoms with E-state index in [1.807, 2.05) is 13.1 Å². The first-order valence-corrected chi connectivity index (χ1v) is 8.98. The molecule has 4 nitrogen and oxygen atoms in total. The summed E-state index contributed by atoms with van der Waals surface area (Å²) in [5.74, 6) is 0. The summed E-state index contributed by atoms with van der Waals surface area (Å²) in [4.78, 5) is 14.2. The SMILES string of the molecule is CN(CCCC1CCCO1)C(=O)Nc1cccc2c1CCCC2. The molecular formula is C19H28N2O2. The highest BCUT2D eigenvalue weighted by atomic mass is 16.5. The number of amides is 2. The molecule has 1 atom stereocenters. The minimum Gasteiger partial charge on any atom is -0.378 e. The van der Waals surface area contributed by atoms with Crippen LogP contribution in [-0.2, 0) is 17.6 Å². The van der Waals surface area contributed by atoms with Gasteiger partial charge in [0.05, 0.1) is 6.10 Å². The lowest BCUT2D eigenvalue weighted by Gasteiger charge is -2.23. The third kappa shape index (κ3) is 4.25. The van der Waals surface area contributed by atoms with Crippen molar-refractivity contribution in [1.29, 1.82) is 0 Å². The standard InChI is InChI=1S/C19H28N2O2/c1-21(13-5-9-16-10-6-14-23-16)19(22)20-18-12-4-8-15-7-2-3-11-17(15)18/h4,8,12,16H,2-3,5-7,9-11,13-14H2,1H3,(H,20,22). The fraction of sp³-hybridized carbons (Fsp3) is 0.632. The van der Waals surface area contributed by atoms with Gasteiger partial charge >= 0.3 is 6.03 Å². The maximum absolute atomic E-state index is 12.4. The van der Waals surface area contributed by atoms with Gasteiger partial charge in [0.25, 0.3) is 0 Å². The molecule has 126 valence electrons. The van der Waals surface area contributed by atoms with E-state index >= 15 is 0 Å². The Bertz CT molecular complexity index is 538. The summed E-state index contributed by atoms with van der Waals surface area (Å²) in [7, 11) is 1.88. The zero-order valence-electron chi connectivity index (χ0n) is 14.1. The summed E-state index contributed by atoms with van der Waals surface area (Å²) in [5.41, 5.74) is 3.73. The Kier molecular flexibility index (Phi) is 5.55. The maximum Gasteiger partial charge on any atom is 0.321 e. The lowest BCUT2D eigenvalue weighted by atomic mass is 9.90. The van der Waals surface area contributed by atoms with Crippen LogP contribution >= 0.6 is 0 Å². The first-order chi connectivity index (χ1) is 11.2. The predicted octanol–water partition coefficient (Wildman–Crippen LogP) is 3.99. The van der Waals surface area contributed by atoms with Crippen molar-refractivity contribution in [3.63, 3.8) is 0 Å². The molecule has 1 aliphatic heterocycles. The fourth-order valence-electron chi connectivity index (χ4n) is 3.64. The van der Waals surface area contributed by atoms with Gasteiger partial charge in [-0.2, -0.15) is 0 Å². The van der Waals surface area contributed by atoms with Crippen LogP contribution in [0.4, 0.5) is 10.5 Å². The summed E-state index contributed by atoms with van der Waals surface area (Å²) in [5, 5.41) is 3.10.